The average molecular weight is 1880 g/mol. The zero-order valence-corrected chi connectivity index (χ0v) is 94.9. The van der Waals surface area contributed by atoms with E-state index >= 15 is 0 Å². The highest BCUT2D eigenvalue weighted by Gasteiger charge is 2.69. The smallest absolute Gasteiger partial charge is 0.252 e. The standard InChI is InChI=1S/2C67H84BN3/c1-39-32-40(2)54-58-53(39)65(17)29-21-23-31-67(65,19)71(58)52-38-46(70-50-27-25-44(61(8,9)10)36-49(50)64(16)28-20-22-30-66(64,70)18)37-51-55(52)68(54)59-57(47-35-43(60(5,6)7)24-26-48(47)63(59,14)15)69(51)56-41(3)33-45(34-42(56)4)62(11,12)13;1-39-32-40(2)54-58-53(39)65(17)29-21-23-31-67(65,19)71(58)52-38-46(70-50-27-25-44(61(8,9)10)36-49(50)64(16)28-20-22-30-66(64,70)18)37-51-56(52)68(54)55-47-35-43(60(5,6)7)24-26-48(47)63(14,15)59(55)69(51)57-41(3)33-45(34-42(57)4)62(11,12)13/h2*24-27,32-38H,20-23,28-31H2,1-19H3. The van der Waals surface area contributed by atoms with Crippen molar-refractivity contribution in [2.45, 2.75) is 453 Å². The van der Waals surface area contributed by atoms with Gasteiger partial charge >= 0.3 is 0 Å². The van der Waals surface area contributed by atoms with Gasteiger partial charge in [0.2, 0.25) is 6.71 Å². The Bertz CT molecular complexity index is 7240. The highest BCUT2D eigenvalue weighted by atomic mass is 15.3. The third kappa shape index (κ3) is 12.3. The molecule has 8 atom stereocenters. The van der Waals surface area contributed by atoms with Gasteiger partial charge in [-0.2, -0.15) is 0 Å². The van der Waals surface area contributed by atoms with Crippen LogP contribution in [0.5, 0.6) is 0 Å². The summed E-state index contributed by atoms with van der Waals surface area (Å²) in [4.78, 5) is 17.6. The van der Waals surface area contributed by atoms with Crippen molar-refractivity contribution in [3.63, 3.8) is 0 Å². The lowest BCUT2D eigenvalue weighted by molar-refractivity contribution is 0.193. The summed E-state index contributed by atoms with van der Waals surface area (Å²) in [6.45, 7) is 94.1. The van der Waals surface area contributed by atoms with Gasteiger partial charge in [-0.1, -0.05) is 339 Å². The summed E-state index contributed by atoms with van der Waals surface area (Å²) < 4.78 is 0. The van der Waals surface area contributed by atoms with Gasteiger partial charge in [-0.15, -0.1) is 0 Å². The molecule has 10 aromatic rings. The zero-order valence-electron chi connectivity index (χ0n) is 94.9. The fourth-order valence-corrected chi connectivity index (χ4v) is 33.5. The SMILES string of the molecule is Cc1cc(C)c2c3c1B1C4=C(N(c5c(C)cc(C(C)(C)C)cc5C)c5cc(N6c7ccc(C(C)(C)C)cc7C7(C)CCCCC67C)cc(c51)N3C1(C)CCCCC21C)C(C)(C)c1ccc(C(C)(C)C)cc14.Cc1cc(C)c2c3c1B1C4=C(c5cc(C(C)(C)C)ccc5C4(C)C)N(c4c(C)cc(C(C)(C)C)cc4C)c4cc(N5c6ccc(C(C)(C)C)cc6C6(C)CCCCC56C)cc(c41)N3C1(C)CCCCC21C. The molecule has 0 spiro atoms. The van der Waals surface area contributed by atoms with E-state index < -0.39 is 0 Å². The highest BCUT2D eigenvalue weighted by molar-refractivity contribution is 7.04. The Morgan fingerprint density at radius 3 is 0.958 bits per heavy atom. The minimum absolute atomic E-state index is 0.000594. The molecule has 4 fully saturated rings. The van der Waals surface area contributed by atoms with Crippen molar-refractivity contribution in [3.8, 4) is 0 Å². The van der Waals surface area contributed by atoms with Gasteiger partial charge in [-0.3, -0.25) is 0 Å². The Morgan fingerprint density at radius 1 is 0.246 bits per heavy atom. The number of benzene rings is 10. The second kappa shape index (κ2) is 29.8. The maximum atomic E-state index is 3.01. The van der Waals surface area contributed by atoms with E-state index in [9.17, 15) is 0 Å². The molecule has 24 rings (SSSR count). The van der Waals surface area contributed by atoms with Crippen LogP contribution in [0, 0.1) is 55.4 Å². The van der Waals surface area contributed by atoms with Crippen LogP contribution in [-0.2, 0) is 65.0 Å². The van der Waals surface area contributed by atoms with Gasteiger partial charge in [-0.05, 0) is 342 Å². The van der Waals surface area contributed by atoms with Crippen LogP contribution in [0.15, 0.2) is 145 Å². The predicted octanol–water partition coefficient (Wildman–Crippen LogP) is 33.2. The Hall–Kier alpha value is -9.39. The summed E-state index contributed by atoms with van der Waals surface area (Å²) in [5.74, 6) is 0. The van der Waals surface area contributed by atoms with Crippen LogP contribution in [0.4, 0.5) is 68.2 Å². The lowest BCUT2D eigenvalue weighted by atomic mass is 9.29. The van der Waals surface area contributed by atoms with E-state index in [1.54, 1.807) is 50.0 Å². The minimum Gasteiger partial charge on any atom is -0.335 e. The van der Waals surface area contributed by atoms with Crippen molar-refractivity contribution >= 4 is 115 Å². The zero-order chi connectivity index (χ0) is 102. The summed E-state index contributed by atoms with van der Waals surface area (Å²) in [6, 6.07) is 56.8. The summed E-state index contributed by atoms with van der Waals surface area (Å²) in [6.07, 6.45) is 19.7. The molecule has 0 radical (unpaired) electrons. The molecule has 6 nitrogen and oxygen atoms in total. The average Bonchev–Trinajstić information content (AvgIpc) is 1.48. The maximum absolute atomic E-state index is 3.01. The lowest BCUT2D eigenvalue weighted by Gasteiger charge is -2.54. The number of aryl methyl sites for hydroxylation is 8. The first-order valence-electron chi connectivity index (χ1n) is 55.8. The Morgan fingerprint density at radius 2 is 0.563 bits per heavy atom. The predicted molar refractivity (Wildman–Crippen MR) is 614 cm³/mol. The molecule has 0 N–H and O–H groups in total. The van der Waals surface area contributed by atoms with Crippen molar-refractivity contribution < 1.29 is 0 Å². The van der Waals surface area contributed by atoms with E-state index in [0.29, 0.717) is 0 Å². The van der Waals surface area contributed by atoms with Crippen LogP contribution in [0.2, 0.25) is 0 Å². The first-order chi connectivity index (χ1) is 66.0. The van der Waals surface area contributed by atoms with Crippen molar-refractivity contribution in [3.05, 3.63) is 267 Å². The third-order valence-electron chi connectivity index (χ3n) is 42.0. The molecule has 4 saturated carbocycles. The number of hydrogen-bond acceptors (Lipinski definition) is 6. The van der Waals surface area contributed by atoms with Crippen LogP contribution >= 0.6 is 0 Å². The van der Waals surface area contributed by atoms with Gasteiger partial charge in [0, 0.05) is 106 Å². The molecule has 8 heterocycles. The van der Waals surface area contributed by atoms with E-state index in [-0.39, 0.29) is 101 Å². The van der Waals surface area contributed by atoms with E-state index in [1.807, 2.05) is 0 Å². The third-order valence-corrected chi connectivity index (χ3v) is 42.0. The second-order valence-corrected chi connectivity index (χ2v) is 57.4. The van der Waals surface area contributed by atoms with Gasteiger partial charge in [0.25, 0.3) is 6.71 Å². The molecule has 6 aliphatic carbocycles. The minimum atomic E-state index is -0.279. The Balaban J connectivity index is 0.000000158. The molecule has 8 heteroatoms. The first kappa shape index (κ1) is 96.1. The molecular weight excluding hydrogens is 1720 g/mol. The Kier molecular flexibility index (Phi) is 20.1. The number of allylic oxidation sites excluding steroid dienone is 2. The number of fused-ring (bicyclic) bond motifs is 22. The summed E-state index contributed by atoms with van der Waals surface area (Å²) >= 11 is 0. The molecule has 0 amide bonds. The summed E-state index contributed by atoms with van der Waals surface area (Å²) in [7, 11) is 0. The molecular formula is C134H168B2N6. The summed E-state index contributed by atoms with van der Waals surface area (Å²) in [5, 5.41) is 0. The van der Waals surface area contributed by atoms with Crippen LogP contribution in [0.1, 0.15) is 433 Å². The van der Waals surface area contributed by atoms with Crippen LogP contribution < -0.4 is 51.3 Å². The van der Waals surface area contributed by atoms with E-state index in [0.717, 1.165) is 0 Å². The molecule has 0 saturated heterocycles. The number of rotatable bonds is 4. The highest BCUT2D eigenvalue weighted by Crippen LogP contribution is 2.72. The molecule has 10 aromatic carbocycles. The van der Waals surface area contributed by atoms with E-state index in [2.05, 4.69) is 426 Å². The van der Waals surface area contributed by atoms with Gasteiger partial charge in [0.1, 0.15) is 0 Å². The van der Waals surface area contributed by atoms with Gasteiger partial charge in [-0.25, -0.2) is 0 Å². The number of hydrogen-bond donors (Lipinski definition) is 0. The van der Waals surface area contributed by atoms with Crippen molar-refractivity contribution in [2.24, 2.45) is 0 Å². The molecule has 142 heavy (non-hydrogen) atoms. The largest absolute Gasteiger partial charge is 0.335 e. The van der Waals surface area contributed by atoms with Gasteiger partial charge < -0.3 is 29.4 Å². The van der Waals surface area contributed by atoms with Crippen LogP contribution in [0.3, 0.4) is 0 Å². The van der Waals surface area contributed by atoms with Crippen molar-refractivity contribution in [1.82, 2.24) is 0 Å². The van der Waals surface area contributed by atoms with Gasteiger partial charge in [0.05, 0.1) is 33.5 Å². The topological polar surface area (TPSA) is 19.4 Å². The number of anilines is 12. The quantitative estimate of drug-likeness (QED) is 0.162. The molecule has 0 aromatic heterocycles. The second-order valence-electron chi connectivity index (χ2n) is 57.4. The fourth-order valence-electron chi connectivity index (χ4n) is 33.5. The summed E-state index contributed by atoms with van der Waals surface area (Å²) in [5.41, 5.74) is 60.5. The fraction of sp³-hybridized carbons (Fsp3) is 0.522. The monoisotopic (exact) mass is 1880 g/mol. The normalized spacial score (nSPS) is 26.8. The lowest BCUT2D eigenvalue weighted by Crippen LogP contribution is -2.62. The Labute approximate surface area is 858 Å². The number of nitrogens with zero attached hydrogens (tertiary/aromatic N) is 6. The van der Waals surface area contributed by atoms with Crippen molar-refractivity contribution in [1.29, 1.82) is 0 Å². The van der Waals surface area contributed by atoms with E-state index in [1.165, 1.54) is 288 Å². The van der Waals surface area contributed by atoms with Crippen molar-refractivity contribution in [2.75, 3.05) is 29.4 Å². The van der Waals surface area contributed by atoms with Gasteiger partial charge in [0.15, 0.2) is 0 Å². The van der Waals surface area contributed by atoms with Crippen LogP contribution in [-0.4, -0.2) is 35.6 Å². The molecule has 740 valence electrons. The molecule has 14 aliphatic rings. The van der Waals surface area contributed by atoms with E-state index in [4.69, 9.17) is 0 Å². The molecule has 0 bridgehead atoms. The molecule has 8 unspecified atom stereocenters. The maximum Gasteiger partial charge on any atom is 0.252 e. The molecule has 8 aliphatic heterocycles. The first-order valence-corrected chi connectivity index (χ1v) is 55.8. The van der Waals surface area contributed by atoms with Crippen LogP contribution in [0.25, 0.3) is 11.2 Å².